The lowest BCUT2D eigenvalue weighted by molar-refractivity contribution is -0.115. The first-order valence-electron chi connectivity index (χ1n) is 9.97. The molecule has 150 valence electrons. The van der Waals surface area contributed by atoms with Gasteiger partial charge < -0.3 is 10.2 Å². The number of hydrogen-bond donors (Lipinski definition) is 1. The van der Waals surface area contributed by atoms with E-state index >= 15 is 0 Å². The fraction of sp³-hybridized carbons (Fsp3) is 0.333. The summed E-state index contributed by atoms with van der Waals surface area (Å²) in [5, 5.41) is 3.50. The number of anilines is 1. The van der Waals surface area contributed by atoms with Crippen molar-refractivity contribution in [3.05, 3.63) is 64.1 Å². The minimum absolute atomic E-state index is 0.0927. The number of aliphatic imine (C=N–C) groups is 1. The van der Waals surface area contributed by atoms with Gasteiger partial charge in [0.1, 0.15) is 0 Å². The fourth-order valence-corrected chi connectivity index (χ4v) is 4.90. The third-order valence-electron chi connectivity index (χ3n) is 5.87. The van der Waals surface area contributed by atoms with E-state index in [4.69, 9.17) is 0 Å². The summed E-state index contributed by atoms with van der Waals surface area (Å²) in [6.45, 7) is 8.91. The van der Waals surface area contributed by atoms with E-state index < -0.39 is 0 Å². The van der Waals surface area contributed by atoms with Crippen LogP contribution in [-0.2, 0) is 4.79 Å². The fourth-order valence-electron chi connectivity index (χ4n) is 4.05. The van der Waals surface area contributed by atoms with Gasteiger partial charge >= 0.3 is 0 Å². The highest BCUT2D eigenvalue weighted by molar-refractivity contribution is 8.18. The first kappa shape index (κ1) is 19.8. The summed E-state index contributed by atoms with van der Waals surface area (Å²) in [5.74, 6) is 0.392. The lowest BCUT2D eigenvalue weighted by Gasteiger charge is -2.45. The standard InChI is InChI=1S/C24H27N3OS/c1-15-6-9-18(10-7-15)25-23-26-22(28)21(29-23)13-17-8-11-20-19(12-17)16(2)14-24(3,4)27(20)5/h6-13,16H,14H2,1-5H3,(H,25,26,28)/b21-13-. The topological polar surface area (TPSA) is 44.7 Å². The quantitative estimate of drug-likeness (QED) is 0.661. The Balaban J connectivity index is 1.59. The van der Waals surface area contributed by atoms with Gasteiger partial charge in [0.2, 0.25) is 0 Å². The molecule has 1 unspecified atom stereocenters. The normalized spacial score (nSPS) is 23.4. The maximum Gasteiger partial charge on any atom is 0.264 e. The minimum Gasteiger partial charge on any atom is -0.369 e. The van der Waals surface area contributed by atoms with Gasteiger partial charge in [-0.05, 0) is 86.3 Å². The van der Waals surface area contributed by atoms with E-state index in [-0.39, 0.29) is 11.4 Å². The summed E-state index contributed by atoms with van der Waals surface area (Å²) in [5.41, 5.74) is 5.85. The Hall–Kier alpha value is -2.53. The molecule has 0 saturated carbocycles. The summed E-state index contributed by atoms with van der Waals surface area (Å²) in [6.07, 6.45) is 3.07. The van der Waals surface area contributed by atoms with Crippen LogP contribution in [0.25, 0.3) is 6.08 Å². The van der Waals surface area contributed by atoms with Crippen molar-refractivity contribution in [3.63, 3.8) is 0 Å². The molecule has 0 aliphatic carbocycles. The average Bonchev–Trinajstić information content (AvgIpc) is 3.00. The molecule has 5 heteroatoms. The highest BCUT2D eigenvalue weighted by Gasteiger charge is 2.34. The molecule has 2 aromatic rings. The molecular formula is C24H27N3OS. The van der Waals surface area contributed by atoms with Crippen molar-refractivity contribution >= 4 is 40.3 Å². The molecule has 4 nitrogen and oxygen atoms in total. The lowest BCUT2D eigenvalue weighted by Crippen LogP contribution is -2.45. The molecular weight excluding hydrogens is 378 g/mol. The third-order valence-corrected chi connectivity index (χ3v) is 6.78. The molecule has 2 heterocycles. The van der Waals surface area contributed by atoms with Gasteiger partial charge in [0.05, 0.1) is 10.6 Å². The Morgan fingerprint density at radius 1 is 1.21 bits per heavy atom. The van der Waals surface area contributed by atoms with Gasteiger partial charge in [-0.1, -0.05) is 30.7 Å². The average molecular weight is 406 g/mol. The second-order valence-electron chi connectivity index (χ2n) is 8.61. The van der Waals surface area contributed by atoms with Crippen molar-refractivity contribution in [2.75, 3.05) is 11.9 Å². The maximum atomic E-state index is 12.4. The van der Waals surface area contributed by atoms with Crippen LogP contribution in [0.5, 0.6) is 0 Å². The molecule has 0 spiro atoms. The van der Waals surface area contributed by atoms with Gasteiger partial charge in [-0.15, -0.1) is 0 Å². The van der Waals surface area contributed by atoms with Crippen LogP contribution in [0.3, 0.4) is 0 Å². The molecule has 4 rings (SSSR count). The number of benzene rings is 2. The lowest BCUT2D eigenvalue weighted by atomic mass is 9.80. The van der Waals surface area contributed by atoms with Crippen LogP contribution in [0.15, 0.2) is 52.4 Å². The smallest absolute Gasteiger partial charge is 0.264 e. The Kier molecular flexibility index (Phi) is 5.03. The number of carbonyl (C=O) groups is 1. The molecule has 2 aliphatic rings. The molecule has 29 heavy (non-hydrogen) atoms. The zero-order chi connectivity index (χ0) is 20.8. The molecule has 0 bridgehead atoms. The number of rotatable bonds is 2. The first-order valence-corrected chi connectivity index (χ1v) is 10.8. The highest BCUT2D eigenvalue weighted by Crippen LogP contribution is 2.43. The molecule has 0 radical (unpaired) electrons. The van der Waals surface area contributed by atoms with E-state index in [0.29, 0.717) is 16.0 Å². The SMILES string of the molecule is Cc1ccc(N=C2NC(=O)/C(=C/c3ccc4c(c3)C(C)CC(C)(C)N4C)S2)cc1. The van der Waals surface area contributed by atoms with E-state index in [1.807, 2.05) is 37.3 Å². The molecule has 1 atom stereocenters. The van der Waals surface area contributed by atoms with Crippen molar-refractivity contribution in [1.29, 1.82) is 0 Å². The van der Waals surface area contributed by atoms with Crippen molar-refractivity contribution < 1.29 is 4.79 Å². The zero-order valence-corrected chi connectivity index (χ0v) is 18.4. The van der Waals surface area contributed by atoms with E-state index in [9.17, 15) is 4.79 Å². The number of fused-ring (bicyclic) bond motifs is 1. The van der Waals surface area contributed by atoms with Crippen molar-refractivity contribution in [2.24, 2.45) is 4.99 Å². The van der Waals surface area contributed by atoms with Crippen molar-refractivity contribution in [1.82, 2.24) is 5.32 Å². The number of nitrogens with one attached hydrogen (secondary N) is 1. The number of amides is 1. The number of nitrogens with zero attached hydrogens (tertiary/aromatic N) is 2. The Morgan fingerprint density at radius 3 is 2.66 bits per heavy atom. The molecule has 2 aliphatic heterocycles. The van der Waals surface area contributed by atoms with E-state index in [0.717, 1.165) is 17.7 Å². The van der Waals surface area contributed by atoms with Gasteiger partial charge in [0.25, 0.3) is 5.91 Å². The summed E-state index contributed by atoms with van der Waals surface area (Å²) in [7, 11) is 2.16. The number of amidine groups is 1. The number of carbonyl (C=O) groups excluding carboxylic acids is 1. The molecule has 1 N–H and O–H groups in total. The van der Waals surface area contributed by atoms with Crippen LogP contribution < -0.4 is 10.2 Å². The second kappa shape index (κ2) is 7.38. The summed E-state index contributed by atoms with van der Waals surface area (Å²) in [4.78, 5) is 20.0. The minimum atomic E-state index is -0.0927. The number of aryl methyl sites for hydroxylation is 1. The Bertz CT molecular complexity index is 1020. The number of thioether (sulfide) groups is 1. The van der Waals surface area contributed by atoms with Crippen LogP contribution in [0.4, 0.5) is 11.4 Å². The Morgan fingerprint density at radius 2 is 1.93 bits per heavy atom. The van der Waals surface area contributed by atoms with E-state index in [1.165, 1.54) is 28.6 Å². The predicted octanol–water partition coefficient (Wildman–Crippen LogP) is 5.61. The maximum absolute atomic E-state index is 12.4. The van der Waals surface area contributed by atoms with Crippen LogP contribution in [-0.4, -0.2) is 23.7 Å². The van der Waals surface area contributed by atoms with Gasteiger partial charge in [0.15, 0.2) is 5.17 Å². The van der Waals surface area contributed by atoms with Gasteiger partial charge in [-0.25, -0.2) is 4.99 Å². The second-order valence-corrected chi connectivity index (χ2v) is 9.64. The molecule has 2 aromatic carbocycles. The molecule has 1 fully saturated rings. The van der Waals surface area contributed by atoms with Gasteiger partial charge in [0, 0.05) is 18.3 Å². The summed E-state index contributed by atoms with van der Waals surface area (Å²) >= 11 is 1.39. The monoisotopic (exact) mass is 405 g/mol. The van der Waals surface area contributed by atoms with Crippen molar-refractivity contribution in [2.45, 2.75) is 45.6 Å². The third kappa shape index (κ3) is 3.97. The van der Waals surface area contributed by atoms with Crippen LogP contribution in [0.2, 0.25) is 0 Å². The Labute approximate surface area is 177 Å². The van der Waals surface area contributed by atoms with Crippen LogP contribution in [0.1, 0.15) is 49.8 Å². The zero-order valence-electron chi connectivity index (χ0n) is 17.6. The molecule has 0 aromatic heterocycles. The van der Waals surface area contributed by atoms with Gasteiger partial charge in [-0.2, -0.15) is 0 Å². The van der Waals surface area contributed by atoms with E-state index in [1.54, 1.807) is 0 Å². The van der Waals surface area contributed by atoms with E-state index in [2.05, 4.69) is 61.2 Å². The predicted molar refractivity (Wildman–Crippen MR) is 124 cm³/mol. The molecule has 1 amide bonds. The number of hydrogen-bond acceptors (Lipinski definition) is 4. The largest absolute Gasteiger partial charge is 0.369 e. The van der Waals surface area contributed by atoms with Crippen molar-refractivity contribution in [3.8, 4) is 0 Å². The van der Waals surface area contributed by atoms with Crippen LogP contribution in [0, 0.1) is 6.92 Å². The summed E-state index contributed by atoms with van der Waals surface area (Å²) < 4.78 is 0. The van der Waals surface area contributed by atoms with Gasteiger partial charge in [-0.3, -0.25) is 4.79 Å². The molecule has 1 saturated heterocycles. The van der Waals surface area contributed by atoms with Crippen LogP contribution >= 0.6 is 11.8 Å². The first-order chi connectivity index (χ1) is 13.7. The highest BCUT2D eigenvalue weighted by atomic mass is 32.2. The summed E-state index contributed by atoms with van der Waals surface area (Å²) in [6, 6.07) is 14.5.